The van der Waals surface area contributed by atoms with Crippen molar-refractivity contribution in [2.24, 2.45) is 22.9 Å². The molecule has 6 heteroatoms. The maximum absolute atomic E-state index is 11.9. The maximum Gasteiger partial charge on any atom is 0.236 e. The molecule has 0 saturated carbocycles. The number of Topliss-reactive ketones (excluding diaryl/α,β-unsaturated/α-hetero) is 2. The Morgan fingerprint density at radius 1 is 0.833 bits per heavy atom. The van der Waals surface area contributed by atoms with E-state index < -0.39 is 11.6 Å². The van der Waals surface area contributed by atoms with Crippen LogP contribution in [0.4, 0.5) is 0 Å². The minimum Gasteiger partial charge on any atom is -0.399 e. The molecule has 1 rings (SSSR count). The first kappa shape index (κ1) is 13.9. The largest absolute Gasteiger partial charge is 0.399 e. The van der Waals surface area contributed by atoms with Gasteiger partial charge in [-0.05, 0) is 11.1 Å². The van der Waals surface area contributed by atoms with Crippen LogP contribution in [0.15, 0.2) is 46.8 Å². The van der Waals surface area contributed by atoms with Crippen molar-refractivity contribution in [3.05, 3.63) is 46.8 Å². The second kappa shape index (κ2) is 4.99. The fourth-order valence-corrected chi connectivity index (χ4v) is 1.93. The summed E-state index contributed by atoms with van der Waals surface area (Å²) in [7, 11) is 0. The Balaban J connectivity index is 3.69. The first-order chi connectivity index (χ1) is 8.36. The van der Waals surface area contributed by atoms with Gasteiger partial charge in [0.25, 0.3) is 0 Å². The Hall–Kier alpha value is -2.18. The fraction of sp³-hybridized carbons (Fsp3) is 0.167. The zero-order valence-electron chi connectivity index (χ0n) is 9.95. The van der Waals surface area contributed by atoms with Gasteiger partial charge in [0.05, 0.1) is 11.1 Å². The van der Waals surface area contributed by atoms with Crippen LogP contribution in [0.1, 0.15) is 0 Å². The van der Waals surface area contributed by atoms with Gasteiger partial charge in [0.1, 0.15) is 0 Å². The molecule has 0 atom stereocenters. The number of carbonyl (C=O) groups is 2. The number of hydrogen-bond donors (Lipinski definition) is 4. The summed E-state index contributed by atoms with van der Waals surface area (Å²) in [6, 6.07) is 0. The molecule has 1 aliphatic rings. The minimum atomic E-state index is -0.776. The van der Waals surface area contributed by atoms with Crippen molar-refractivity contribution in [3.8, 4) is 0 Å². The van der Waals surface area contributed by atoms with Gasteiger partial charge in [0, 0.05) is 24.5 Å². The van der Waals surface area contributed by atoms with E-state index in [4.69, 9.17) is 22.9 Å². The summed E-state index contributed by atoms with van der Waals surface area (Å²) in [6.45, 7) is 6.97. The molecule has 0 spiro atoms. The first-order valence-corrected chi connectivity index (χ1v) is 5.22. The molecule has 0 fully saturated rings. The molecular weight excluding hydrogens is 232 g/mol. The van der Waals surface area contributed by atoms with E-state index in [2.05, 4.69) is 13.2 Å². The SMILES string of the molecule is C=C(N)C1=C(CN)C(CN)=C(C(=C)N)C(=O)C1=O. The molecule has 0 unspecified atom stereocenters. The van der Waals surface area contributed by atoms with E-state index >= 15 is 0 Å². The molecule has 96 valence electrons. The quantitative estimate of drug-likeness (QED) is 0.356. The molecule has 0 bridgehead atoms. The summed E-state index contributed by atoms with van der Waals surface area (Å²) in [5.74, 6) is -1.55. The molecule has 18 heavy (non-hydrogen) atoms. The number of ketones is 2. The third-order valence-electron chi connectivity index (χ3n) is 2.68. The second-order valence-electron chi connectivity index (χ2n) is 3.82. The Morgan fingerprint density at radius 3 is 1.28 bits per heavy atom. The summed E-state index contributed by atoms with van der Waals surface area (Å²) in [6.07, 6.45) is 0. The van der Waals surface area contributed by atoms with E-state index in [1.807, 2.05) is 0 Å². The van der Waals surface area contributed by atoms with Gasteiger partial charge in [-0.15, -0.1) is 0 Å². The van der Waals surface area contributed by atoms with Crippen LogP contribution in [0.25, 0.3) is 0 Å². The van der Waals surface area contributed by atoms with Gasteiger partial charge in [-0.25, -0.2) is 0 Å². The van der Waals surface area contributed by atoms with Gasteiger partial charge in [0.2, 0.25) is 11.6 Å². The molecule has 0 heterocycles. The molecule has 0 aromatic rings. The predicted molar refractivity (Wildman–Crippen MR) is 68.8 cm³/mol. The van der Waals surface area contributed by atoms with Crippen LogP contribution < -0.4 is 22.9 Å². The number of rotatable bonds is 4. The maximum atomic E-state index is 11.9. The lowest BCUT2D eigenvalue weighted by molar-refractivity contribution is -0.132. The molecule has 0 saturated heterocycles. The van der Waals surface area contributed by atoms with E-state index in [9.17, 15) is 9.59 Å². The lowest BCUT2D eigenvalue weighted by Crippen LogP contribution is -2.34. The highest BCUT2D eigenvalue weighted by Gasteiger charge is 2.34. The summed E-state index contributed by atoms with van der Waals surface area (Å²) in [4.78, 5) is 23.9. The molecule has 0 radical (unpaired) electrons. The number of hydrogen-bond acceptors (Lipinski definition) is 6. The monoisotopic (exact) mass is 248 g/mol. The lowest BCUT2D eigenvalue weighted by atomic mass is 9.81. The van der Waals surface area contributed by atoms with E-state index in [1.165, 1.54) is 0 Å². The zero-order valence-corrected chi connectivity index (χ0v) is 9.95. The number of nitrogens with two attached hydrogens (primary N) is 4. The van der Waals surface area contributed by atoms with Crippen molar-refractivity contribution >= 4 is 11.6 Å². The van der Waals surface area contributed by atoms with Crippen molar-refractivity contribution in [2.45, 2.75) is 0 Å². The molecule has 0 amide bonds. The van der Waals surface area contributed by atoms with Gasteiger partial charge in [0.15, 0.2) is 0 Å². The first-order valence-electron chi connectivity index (χ1n) is 5.22. The molecule has 0 aliphatic heterocycles. The van der Waals surface area contributed by atoms with Crippen molar-refractivity contribution in [1.29, 1.82) is 0 Å². The van der Waals surface area contributed by atoms with Crippen LogP contribution in [-0.2, 0) is 9.59 Å². The molecule has 6 nitrogen and oxygen atoms in total. The predicted octanol–water partition coefficient (Wildman–Crippen LogP) is -1.41. The van der Waals surface area contributed by atoms with E-state index in [0.29, 0.717) is 11.1 Å². The third-order valence-corrected chi connectivity index (χ3v) is 2.68. The number of allylic oxidation sites excluding steroid dienone is 2. The smallest absolute Gasteiger partial charge is 0.236 e. The Kier molecular flexibility index (Phi) is 3.85. The zero-order chi connectivity index (χ0) is 14.0. The van der Waals surface area contributed by atoms with Crippen LogP contribution in [0.3, 0.4) is 0 Å². The fourth-order valence-electron chi connectivity index (χ4n) is 1.93. The molecular formula is C12H16N4O2. The van der Waals surface area contributed by atoms with Crippen molar-refractivity contribution in [3.63, 3.8) is 0 Å². The standard InChI is InChI=1S/C12H16N4O2/c1-5(15)9-7(3-13)8(4-14)10(6(2)16)12(18)11(9)17/h1-4,13-16H2. The van der Waals surface area contributed by atoms with Gasteiger partial charge >= 0.3 is 0 Å². The average Bonchev–Trinajstić information content (AvgIpc) is 2.30. The molecule has 8 N–H and O–H groups in total. The van der Waals surface area contributed by atoms with Crippen LogP contribution in [0, 0.1) is 0 Å². The molecule has 0 aromatic carbocycles. The Morgan fingerprint density at radius 2 is 1.11 bits per heavy atom. The van der Waals surface area contributed by atoms with Gasteiger partial charge < -0.3 is 22.9 Å². The summed E-state index contributed by atoms with van der Waals surface area (Å²) < 4.78 is 0. The Bertz CT molecular complexity index is 478. The summed E-state index contributed by atoms with van der Waals surface area (Å²) in [5, 5.41) is 0. The van der Waals surface area contributed by atoms with Crippen LogP contribution in [-0.4, -0.2) is 24.7 Å². The topological polar surface area (TPSA) is 138 Å². The highest BCUT2D eigenvalue weighted by atomic mass is 16.2. The Labute approximate surface area is 105 Å². The van der Waals surface area contributed by atoms with Crippen molar-refractivity contribution in [2.75, 3.05) is 13.1 Å². The lowest BCUT2D eigenvalue weighted by Gasteiger charge is -2.23. The minimum absolute atomic E-state index is 0.00782. The van der Waals surface area contributed by atoms with Crippen molar-refractivity contribution < 1.29 is 9.59 Å². The normalized spacial score (nSPS) is 16.3. The highest BCUT2D eigenvalue weighted by Crippen LogP contribution is 2.29. The third kappa shape index (κ3) is 1.99. The van der Waals surface area contributed by atoms with Gasteiger partial charge in [-0.2, -0.15) is 0 Å². The van der Waals surface area contributed by atoms with E-state index in [0.717, 1.165) is 0 Å². The van der Waals surface area contributed by atoms with Crippen molar-refractivity contribution in [1.82, 2.24) is 0 Å². The molecule has 1 aliphatic carbocycles. The second-order valence-corrected chi connectivity index (χ2v) is 3.82. The van der Waals surface area contributed by atoms with Gasteiger partial charge in [-0.1, -0.05) is 13.2 Å². The van der Waals surface area contributed by atoms with Crippen LogP contribution in [0.2, 0.25) is 0 Å². The van der Waals surface area contributed by atoms with E-state index in [1.54, 1.807) is 0 Å². The summed E-state index contributed by atoms with van der Waals surface area (Å²) in [5.41, 5.74) is 23.0. The average molecular weight is 248 g/mol. The van der Waals surface area contributed by atoms with Crippen LogP contribution >= 0.6 is 0 Å². The van der Waals surface area contributed by atoms with E-state index in [-0.39, 0.29) is 35.6 Å². The van der Waals surface area contributed by atoms with Gasteiger partial charge in [-0.3, -0.25) is 9.59 Å². The number of carbonyl (C=O) groups excluding carboxylic acids is 2. The van der Waals surface area contributed by atoms with Crippen LogP contribution in [0.5, 0.6) is 0 Å². The highest BCUT2D eigenvalue weighted by molar-refractivity contribution is 6.52. The summed E-state index contributed by atoms with van der Waals surface area (Å²) >= 11 is 0. The molecule has 0 aromatic heterocycles.